The van der Waals surface area contributed by atoms with Gasteiger partial charge in [0.2, 0.25) is 11.8 Å². The average molecular weight is 424 g/mol. The SMILES string of the molecule is C/C(=C\C(C(C)C)N(C)C(=O)[C@@H](NC(=O)[C@@H]1CC[C@@H](C)CN1C)C(C)(C)C)C(=O)O. The normalized spacial score (nSPS) is 23.1. The standard InChI is InChI=1S/C23H41N3O4/c1-14(2)18(12-16(4)22(29)30)26(9)21(28)19(23(5,6)7)24-20(27)17-11-10-15(3)13-25(17)8/h12,14-15,17-19H,10-11,13H2,1-9H3,(H,24,27)(H,29,30)/b16-12+/t15-,17+,18?,19-/m1/s1. The minimum Gasteiger partial charge on any atom is -0.478 e. The van der Waals surface area contributed by atoms with Crippen LogP contribution in [0.15, 0.2) is 11.6 Å². The molecule has 0 aromatic rings. The zero-order valence-corrected chi connectivity index (χ0v) is 20.2. The molecule has 172 valence electrons. The van der Waals surface area contributed by atoms with Gasteiger partial charge in [-0.2, -0.15) is 0 Å². The number of carboxylic acid groups (broad SMARTS) is 1. The molecule has 0 aromatic heterocycles. The van der Waals surface area contributed by atoms with Crippen molar-refractivity contribution in [1.29, 1.82) is 0 Å². The van der Waals surface area contributed by atoms with Gasteiger partial charge in [-0.1, -0.05) is 47.6 Å². The molecule has 30 heavy (non-hydrogen) atoms. The highest BCUT2D eigenvalue weighted by Gasteiger charge is 2.39. The molecule has 2 N–H and O–H groups in total. The van der Waals surface area contributed by atoms with E-state index < -0.39 is 17.4 Å². The van der Waals surface area contributed by atoms with Gasteiger partial charge in [-0.25, -0.2) is 4.79 Å². The molecule has 7 nitrogen and oxygen atoms in total. The van der Waals surface area contributed by atoms with Gasteiger partial charge in [0, 0.05) is 19.2 Å². The van der Waals surface area contributed by atoms with Crippen LogP contribution in [0.1, 0.15) is 61.3 Å². The summed E-state index contributed by atoms with van der Waals surface area (Å²) in [6.45, 7) is 14.3. The third-order valence-electron chi connectivity index (χ3n) is 6.00. The molecule has 1 unspecified atom stereocenters. The smallest absolute Gasteiger partial charge is 0.331 e. The summed E-state index contributed by atoms with van der Waals surface area (Å²) in [5, 5.41) is 12.3. The van der Waals surface area contributed by atoms with Crippen LogP contribution in [-0.2, 0) is 14.4 Å². The van der Waals surface area contributed by atoms with Crippen molar-refractivity contribution < 1.29 is 19.5 Å². The number of likely N-dealkylation sites (N-methyl/N-ethyl adjacent to an activating group) is 2. The van der Waals surface area contributed by atoms with E-state index in [-0.39, 0.29) is 35.4 Å². The van der Waals surface area contributed by atoms with Crippen LogP contribution >= 0.6 is 0 Å². The molecule has 1 aliphatic rings. The third kappa shape index (κ3) is 6.83. The van der Waals surface area contributed by atoms with E-state index in [0.717, 1.165) is 19.4 Å². The first-order valence-electron chi connectivity index (χ1n) is 10.9. The maximum atomic E-state index is 13.5. The van der Waals surface area contributed by atoms with Crippen LogP contribution in [0, 0.1) is 17.3 Å². The number of nitrogens with one attached hydrogen (secondary N) is 1. The molecule has 4 atom stereocenters. The Morgan fingerprint density at radius 2 is 1.77 bits per heavy atom. The van der Waals surface area contributed by atoms with Crippen molar-refractivity contribution in [3.63, 3.8) is 0 Å². The zero-order chi connectivity index (χ0) is 23.4. The second kappa shape index (κ2) is 10.4. The zero-order valence-electron chi connectivity index (χ0n) is 20.2. The van der Waals surface area contributed by atoms with Gasteiger partial charge in [0.25, 0.3) is 0 Å². The van der Waals surface area contributed by atoms with E-state index in [1.807, 2.05) is 41.7 Å². The van der Waals surface area contributed by atoms with Gasteiger partial charge >= 0.3 is 5.97 Å². The highest BCUT2D eigenvalue weighted by molar-refractivity contribution is 5.91. The molecule has 1 aliphatic heterocycles. The van der Waals surface area contributed by atoms with Crippen molar-refractivity contribution >= 4 is 17.8 Å². The maximum Gasteiger partial charge on any atom is 0.331 e. The molecule has 0 saturated carbocycles. The molecular formula is C23H41N3O4. The van der Waals surface area contributed by atoms with Crippen LogP contribution in [0.5, 0.6) is 0 Å². The van der Waals surface area contributed by atoms with Gasteiger partial charge in [-0.3, -0.25) is 14.5 Å². The largest absolute Gasteiger partial charge is 0.478 e. The monoisotopic (exact) mass is 423 g/mol. The van der Waals surface area contributed by atoms with Gasteiger partial charge in [0.05, 0.1) is 12.1 Å². The number of hydrogen-bond donors (Lipinski definition) is 2. The predicted octanol–water partition coefficient (Wildman–Crippen LogP) is 2.76. The van der Waals surface area contributed by atoms with Crippen LogP contribution in [0.4, 0.5) is 0 Å². The van der Waals surface area contributed by atoms with Crippen molar-refractivity contribution in [2.45, 2.75) is 79.4 Å². The second-order valence-electron chi connectivity index (χ2n) is 10.3. The molecule has 0 aliphatic carbocycles. The van der Waals surface area contributed by atoms with E-state index in [0.29, 0.717) is 5.92 Å². The number of piperidine rings is 1. The number of likely N-dealkylation sites (tertiary alicyclic amines) is 1. The molecule has 2 amide bonds. The first-order chi connectivity index (χ1) is 13.7. The number of hydrogen-bond acceptors (Lipinski definition) is 4. The molecule has 1 fully saturated rings. The summed E-state index contributed by atoms with van der Waals surface area (Å²) < 4.78 is 0. The van der Waals surface area contributed by atoms with Crippen LogP contribution < -0.4 is 5.32 Å². The summed E-state index contributed by atoms with van der Waals surface area (Å²) in [6, 6.07) is -1.32. The average Bonchev–Trinajstić information content (AvgIpc) is 2.61. The van der Waals surface area contributed by atoms with Crippen molar-refractivity contribution in [3.8, 4) is 0 Å². The molecular weight excluding hydrogens is 382 g/mol. The van der Waals surface area contributed by atoms with Gasteiger partial charge in [0.15, 0.2) is 0 Å². The Morgan fingerprint density at radius 1 is 1.20 bits per heavy atom. The topological polar surface area (TPSA) is 90.0 Å². The fourth-order valence-electron chi connectivity index (χ4n) is 4.02. The number of carbonyl (C=O) groups excluding carboxylic acids is 2. The van der Waals surface area contributed by atoms with E-state index in [1.54, 1.807) is 18.0 Å². The van der Waals surface area contributed by atoms with Crippen molar-refractivity contribution in [3.05, 3.63) is 11.6 Å². The molecule has 1 rings (SSSR count). The fourth-order valence-corrected chi connectivity index (χ4v) is 4.02. The predicted molar refractivity (Wildman–Crippen MR) is 119 cm³/mol. The van der Waals surface area contributed by atoms with Gasteiger partial charge in [-0.15, -0.1) is 0 Å². The van der Waals surface area contributed by atoms with Crippen LogP contribution in [0.2, 0.25) is 0 Å². The molecule has 0 spiro atoms. The summed E-state index contributed by atoms with van der Waals surface area (Å²) in [4.78, 5) is 41.4. The number of amides is 2. The summed E-state index contributed by atoms with van der Waals surface area (Å²) in [5.74, 6) is -0.756. The highest BCUT2D eigenvalue weighted by Crippen LogP contribution is 2.25. The maximum absolute atomic E-state index is 13.5. The van der Waals surface area contributed by atoms with E-state index >= 15 is 0 Å². The van der Waals surface area contributed by atoms with Crippen LogP contribution in [0.25, 0.3) is 0 Å². The molecule has 0 aromatic carbocycles. The molecule has 7 heteroatoms. The van der Waals surface area contributed by atoms with E-state index in [9.17, 15) is 19.5 Å². The Labute approximate surface area is 181 Å². The molecule has 1 saturated heterocycles. The molecule has 0 bridgehead atoms. The van der Waals surface area contributed by atoms with E-state index in [2.05, 4.69) is 17.1 Å². The number of aliphatic carboxylic acids is 1. The van der Waals surface area contributed by atoms with Crippen LogP contribution in [0.3, 0.4) is 0 Å². The van der Waals surface area contributed by atoms with Crippen molar-refractivity contribution in [1.82, 2.24) is 15.1 Å². The summed E-state index contributed by atoms with van der Waals surface area (Å²) in [6.07, 6.45) is 3.38. The summed E-state index contributed by atoms with van der Waals surface area (Å²) in [7, 11) is 3.63. The van der Waals surface area contributed by atoms with Gasteiger partial charge in [-0.05, 0) is 44.1 Å². The quantitative estimate of drug-likeness (QED) is 0.615. The van der Waals surface area contributed by atoms with Crippen molar-refractivity contribution in [2.75, 3.05) is 20.6 Å². The Kier molecular flexibility index (Phi) is 9.08. The number of rotatable bonds is 7. The summed E-state index contributed by atoms with van der Waals surface area (Å²) in [5.41, 5.74) is -0.295. The molecule has 0 radical (unpaired) electrons. The lowest BCUT2D eigenvalue weighted by Crippen LogP contribution is -2.60. The van der Waals surface area contributed by atoms with Gasteiger partial charge in [0.1, 0.15) is 6.04 Å². The minimum atomic E-state index is -1.00. The lowest BCUT2D eigenvalue weighted by molar-refractivity contribution is -0.141. The Balaban J connectivity index is 3.09. The van der Waals surface area contributed by atoms with Crippen LogP contribution in [-0.4, -0.2) is 71.5 Å². The number of carboxylic acids is 1. The minimum absolute atomic E-state index is 0.0236. The van der Waals surface area contributed by atoms with Gasteiger partial charge < -0.3 is 15.3 Å². The Morgan fingerprint density at radius 3 is 2.20 bits per heavy atom. The van der Waals surface area contributed by atoms with E-state index in [4.69, 9.17) is 0 Å². The lowest BCUT2D eigenvalue weighted by Gasteiger charge is -2.40. The fraction of sp³-hybridized carbons (Fsp3) is 0.783. The Bertz CT molecular complexity index is 666. The first kappa shape index (κ1) is 26.1. The summed E-state index contributed by atoms with van der Waals surface area (Å²) >= 11 is 0. The Hall–Kier alpha value is -1.89. The second-order valence-corrected chi connectivity index (χ2v) is 10.3. The number of nitrogens with zero attached hydrogens (tertiary/aromatic N) is 2. The molecule has 1 heterocycles. The lowest BCUT2D eigenvalue weighted by atomic mass is 9.84. The highest BCUT2D eigenvalue weighted by atomic mass is 16.4. The third-order valence-corrected chi connectivity index (χ3v) is 6.00. The number of carbonyl (C=O) groups is 3. The van der Waals surface area contributed by atoms with Crippen molar-refractivity contribution in [2.24, 2.45) is 17.3 Å². The van der Waals surface area contributed by atoms with E-state index in [1.165, 1.54) is 6.92 Å². The first-order valence-corrected chi connectivity index (χ1v) is 10.9.